The molecule has 1 aliphatic heterocycles. The third-order valence-corrected chi connectivity index (χ3v) is 5.70. The highest BCUT2D eigenvalue weighted by molar-refractivity contribution is 6.32. The molecule has 0 spiro atoms. The molecule has 3 aromatic rings. The predicted octanol–water partition coefficient (Wildman–Crippen LogP) is 5.67. The Kier molecular flexibility index (Phi) is 6.56. The summed E-state index contributed by atoms with van der Waals surface area (Å²) in [6.45, 7) is 0.550. The van der Waals surface area contributed by atoms with E-state index in [2.05, 4.69) is 5.16 Å². The first-order valence-electron chi connectivity index (χ1n) is 10.4. The zero-order valence-electron chi connectivity index (χ0n) is 18.2. The molecular formula is C24H21ClF3N3O3. The maximum Gasteiger partial charge on any atom is 0.422 e. The molecule has 0 unspecified atom stereocenters. The van der Waals surface area contributed by atoms with Crippen molar-refractivity contribution in [2.45, 2.75) is 32.5 Å². The van der Waals surface area contributed by atoms with E-state index in [0.717, 1.165) is 27.8 Å². The normalized spacial score (nSPS) is 14.6. The molecule has 1 amide bonds. The van der Waals surface area contributed by atoms with E-state index in [4.69, 9.17) is 26.9 Å². The van der Waals surface area contributed by atoms with Crippen molar-refractivity contribution >= 4 is 39.9 Å². The van der Waals surface area contributed by atoms with Crippen LogP contribution < -0.4 is 10.5 Å². The number of ether oxygens (including phenoxy) is 1. The van der Waals surface area contributed by atoms with Gasteiger partial charge in [-0.1, -0.05) is 28.9 Å². The number of primary amides is 1. The first-order valence-corrected chi connectivity index (χ1v) is 10.8. The van der Waals surface area contributed by atoms with Crippen molar-refractivity contribution in [1.82, 2.24) is 4.57 Å². The molecule has 178 valence electrons. The maximum atomic E-state index is 12.4. The number of aromatic nitrogens is 1. The second-order valence-corrected chi connectivity index (χ2v) is 8.34. The van der Waals surface area contributed by atoms with E-state index >= 15 is 0 Å². The Hall–Kier alpha value is -3.46. The summed E-state index contributed by atoms with van der Waals surface area (Å²) in [4.78, 5) is 17.2. The lowest BCUT2D eigenvalue weighted by Crippen LogP contribution is -2.19. The molecule has 4 rings (SSSR count). The van der Waals surface area contributed by atoms with Gasteiger partial charge in [0.2, 0.25) is 5.91 Å². The maximum absolute atomic E-state index is 12.4. The minimum absolute atomic E-state index is 0.0414. The van der Waals surface area contributed by atoms with Crippen molar-refractivity contribution in [2.24, 2.45) is 10.9 Å². The van der Waals surface area contributed by atoms with E-state index in [0.29, 0.717) is 24.2 Å². The van der Waals surface area contributed by atoms with Gasteiger partial charge in [0.1, 0.15) is 12.3 Å². The first kappa shape index (κ1) is 23.7. The largest absolute Gasteiger partial charge is 0.483 e. The minimum Gasteiger partial charge on any atom is -0.483 e. The summed E-state index contributed by atoms with van der Waals surface area (Å²) in [6.07, 6.45) is -1.40. The Morgan fingerprint density at radius 2 is 2.03 bits per heavy atom. The second-order valence-electron chi connectivity index (χ2n) is 7.94. The topological polar surface area (TPSA) is 78.8 Å². The van der Waals surface area contributed by atoms with Gasteiger partial charge in [-0.2, -0.15) is 13.2 Å². The number of allylic oxidation sites excluding steroid dienone is 1. The molecule has 2 aromatic carbocycles. The summed E-state index contributed by atoms with van der Waals surface area (Å²) >= 11 is 6.15. The van der Waals surface area contributed by atoms with Crippen molar-refractivity contribution in [1.29, 1.82) is 0 Å². The predicted molar refractivity (Wildman–Crippen MR) is 124 cm³/mol. The summed E-state index contributed by atoms with van der Waals surface area (Å²) in [5.74, 6) is -0.0142. The third kappa shape index (κ3) is 5.20. The van der Waals surface area contributed by atoms with Gasteiger partial charge in [-0.05, 0) is 55.7 Å². The number of halogens is 4. The second kappa shape index (κ2) is 9.42. The van der Waals surface area contributed by atoms with Gasteiger partial charge >= 0.3 is 6.18 Å². The Labute approximate surface area is 198 Å². The van der Waals surface area contributed by atoms with Crippen LogP contribution in [0.1, 0.15) is 30.9 Å². The van der Waals surface area contributed by atoms with Crippen LogP contribution in [0.2, 0.25) is 5.02 Å². The molecule has 0 radical (unpaired) electrons. The van der Waals surface area contributed by atoms with Crippen LogP contribution in [0, 0.1) is 0 Å². The van der Waals surface area contributed by atoms with Gasteiger partial charge in [0.05, 0.1) is 10.7 Å². The molecule has 6 nitrogen and oxygen atoms in total. The number of carbonyl (C=O) groups excluding carboxylic acids is 1. The number of alkyl halides is 3. The summed E-state index contributed by atoms with van der Waals surface area (Å²) in [6, 6.07) is 12.1. The lowest BCUT2D eigenvalue weighted by atomic mass is 9.99. The Bertz CT molecular complexity index is 1310. The number of nitrogens with two attached hydrogens (primary N) is 1. The third-order valence-electron chi connectivity index (χ3n) is 5.41. The van der Waals surface area contributed by atoms with Crippen molar-refractivity contribution in [3.05, 3.63) is 70.4 Å². The van der Waals surface area contributed by atoms with Gasteiger partial charge in [-0.15, -0.1) is 0 Å². The Balaban J connectivity index is 1.59. The average molecular weight is 492 g/mol. The molecule has 2 N–H and O–H groups in total. The number of hydrogen-bond donors (Lipinski definition) is 1. The van der Waals surface area contributed by atoms with Gasteiger partial charge in [-0.3, -0.25) is 4.79 Å². The molecule has 1 aromatic heterocycles. The van der Waals surface area contributed by atoms with E-state index in [9.17, 15) is 18.0 Å². The Morgan fingerprint density at radius 1 is 1.24 bits per heavy atom. The molecule has 34 heavy (non-hydrogen) atoms. The van der Waals surface area contributed by atoms with E-state index in [1.807, 2.05) is 31.2 Å². The van der Waals surface area contributed by atoms with Gasteiger partial charge in [0.15, 0.2) is 12.4 Å². The van der Waals surface area contributed by atoms with Crippen LogP contribution in [-0.2, 0) is 16.2 Å². The number of nitrogens with zero attached hydrogens (tertiary/aromatic N) is 2. The molecule has 10 heteroatoms. The molecule has 0 aliphatic carbocycles. The van der Waals surface area contributed by atoms with Crippen LogP contribution in [0.25, 0.3) is 16.7 Å². The van der Waals surface area contributed by atoms with Crippen LogP contribution in [0.3, 0.4) is 0 Å². The lowest BCUT2D eigenvalue weighted by Gasteiger charge is -2.12. The fraction of sp³-hybridized carbons (Fsp3) is 0.250. The number of oxime groups is 1. The summed E-state index contributed by atoms with van der Waals surface area (Å²) in [7, 11) is 0. The monoisotopic (exact) mass is 491 g/mol. The molecule has 0 atom stereocenters. The van der Waals surface area contributed by atoms with Crippen molar-refractivity contribution in [3.8, 4) is 5.75 Å². The smallest absolute Gasteiger partial charge is 0.422 e. The highest BCUT2D eigenvalue weighted by Gasteiger charge is 2.29. The number of hydrogen-bond acceptors (Lipinski definition) is 4. The van der Waals surface area contributed by atoms with E-state index < -0.39 is 18.7 Å². The number of benzene rings is 2. The standard InChI is InChI=1S/C24H21ClF3N3O3/c1-14-5-7-19(16-3-2-4-20-17(16)9-10-31(20)12-22(29)32)30-34-23(14)15-6-8-21(18(25)11-15)33-13-24(26,27)28/h2-4,6,8-11H,5,7,12-13H2,1H3,(H2,29,32). The van der Waals surface area contributed by atoms with Crippen LogP contribution in [0.15, 0.2) is 59.4 Å². The van der Waals surface area contributed by atoms with Crippen molar-refractivity contribution in [2.75, 3.05) is 6.61 Å². The zero-order chi connectivity index (χ0) is 24.5. The van der Waals surface area contributed by atoms with Crippen molar-refractivity contribution < 1.29 is 27.5 Å². The SMILES string of the molecule is CC1=C(c2ccc(OCC(F)(F)F)c(Cl)c2)ON=C(c2cccc3c2ccn3CC(N)=O)CC1. The van der Waals surface area contributed by atoms with Gasteiger partial charge < -0.3 is 19.9 Å². The number of fused-ring (bicyclic) bond motifs is 1. The quantitative estimate of drug-likeness (QED) is 0.482. The molecule has 1 aliphatic rings. The average Bonchev–Trinajstić information content (AvgIpc) is 3.06. The van der Waals surface area contributed by atoms with E-state index in [-0.39, 0.29) is 17.3 Å². The van der Waals surface area contributed by atoms with Crippen LogP contribution in [-0.4, -0.2) is 29.0 Å². The Morgan fingerprint density at radius 3 is 2.74 bits per heavy atom. The number of amides is 1. The van der Waals surface area contributed by atoms with E-state index in [1.54, 1.807) is 16.8 Å². The zero-order valence-corrected chi connectivity index (χ0v) is 18.9. The molecule has 0 fully saturated rings. The van der Waals surface area contributed by atoms with Crippen LogP contribution >= 0.6 is 11.6 Å². The highest BCUT2D eigenvalue weighted by atomic mass is 35.5. The van der Waals surface area contributed by atoms with Crippen molar-refractivity contribution in [3.63, 3.8) is 0 Å². The molecule has 2 heterocycles. The van der Waals surface area contributed by atoms with Crippen LogP contribution in [0.5, 0.6) is 5.75 Å². The summed E-state index contributed by atoms with van der Waals surface area (Å²) in [5.41, 5.74) is 9.30. The summed E-state index contributed by atoms with van der Waals surface area (Å²) < 4.78 is 43.9. The highest BCUT2D eigenvalue weighted by Crippen LogP contribution is 2.34. The van der Waals surface area contributed by atoms with E-state index in [1.165, 1.54) is 12.1 Å². The fourth-order valence-corrected chi connectivity index (χ4v) is 4.06. The fourth-order valence-electron chi connectivity index (χ4n) is 3.83. The number of carbonyl (C=O) groups is 1. The molecule has 0 bridgehead atoms. The first-order chi connectivity index (χ1) is 16.1. The van der Waals surface area contributed by atoms with Crippen LogP contribution in [0.4, 0.5) is 13.2 Å². The number of rotatable bonds is 6. The summed E-state index contributed by atoms with van der Waals surface area (Å²) in [5, 5.41) is 5.34. The minimum atomic E-state index is -4.46. The van der Waals surface area contributed by atoms with Gasteiger partial charge in [0.25, 0.3) is 0 Å². The molecular weight excluding hydrogens is 471 g/mol. The molecule has 0 saturated heterocycles. The van der Waals surface area contributed by atoms with Gasteiger partial charge in [-0.25, -0.2) is 0 Å². The molecule has 0 saturated carbocycles. The lowest BCUT2D eigenvalue weighted by molar-refractivity contribution is -0.153. The van der Waals surface area contributed by atoms with Gasteiger partial charge in [0, 0.05) is 28.2 Å².